The molecule has 152 valence electrons. The maximum absolute atomic E-state index is 13.0. The van der Waals surface area contributed by atoms with E-state index in [1.54, 1.807) is 4.90 Å². The maximum atomic E-state index is 13.0. The molecule has 1 saturated carbocycles. The number of carbonyl (C=O) groups excluding carboxylic acids is 3. The number of aromatic nitrogens is 1. The SMILES string of the molecule is C[C@H]1CC[C@H]([C@@H]2CCC[C@@H](O)C2)N(C(=O)C(=O)Nc2ncccc2C(N)=O)C1. The molecule has 1 aliphatic carbocycles. The zero-order valence-corrected chi connectivity index (χ0v) is 16.1. The van der Waals surface area contributed by atoms with Crippen LogP contribution in [0.15, 0.2) is 18.3 Å². The third-order valence-corrected chi connectivity index (χ3v) is 5.86. The highest BCUT2D eigenvalue weighted by molar-refractivity contribution is 6.39. The fourth-order valence-electron chi connectivity index (χ4n) is 4.44. The van der Waals surface area contributed by atoms with Crippen LogP contribution in [0, 0.1) is 11.8 Å². The first-order chi connectivity index (χ1) is 13.4. The van der Waals surface area contributed by atoms with Gasteiger partial charge >= 0.3 is 11.8 Å². The number of anilines is 1. The van der Waals surface area contributed by atoms with Crippen LogP contribution in [0.3, 0.4) is 0 Å². The molecular weight excluding hydrogens is 360 g/mol. The predicted octanol–water partition coefficient (Wildman–Crippen LogP) is 1.30. The summed E-state index contributed by atoms with van der Waals surface area (Å²) < 4.78 is 0. The molecule has 0 unspecified atom stereocenters. The number of amides is 3. The summed E-state index contributed by atoms with van der Waals surface area (Å²) in [7, 11) is 0. The minimum absolute atomic E-state index is 0.0111. The summed E-state index contributed by atoms with van der Waals surface area (Å²) in [6.07, 6.45) is 6.25. The van der Waals surface area contributed by atoms with Crippen LogP contribution < -0.4 is 11.1 Å². The first-order valence-electron chi connectivity index (χ1n) is 9.91. The van der Waals surface area contributed by atoms with Crippen LogP contribution >= 0.6 is 0 Å². The van der Waals surface area contributed by atoms with E-state index in [-0.39, 0.29) is 29.4 Å². The van der Waals surface area contributed by atoms with E-state index in [9.17, 15) is 19.5 Å². The second kappa shape index (κ2) is 8.68. The van der Waals surface area contributed by atoms with Gasteiger partial charge in [-0.05, 0) is 56.1 Å². The minimum atomic E-state index is -0.823. The maximum Gasteiger partial charge on any atom is 0.315 e. The smallest absolute Gasteiger partial charge is 0.315 e. The number of hydrogen-bond acceptors (Lipinski definition) is 5. The van der Waals surface area contributed by atoms with Gasteiger partial charge in [0.15, 0.2) is 0 Å². The van der Waals surface area contributed by atoms with E-state index in [0.717, 1.165) is 32.1 Å². The van der Waals surface area contributed by atoms with Crippen LogP contribution in [0.5, 0.6) is 0 Å². The topological polar surface area (TPSA) is 126 Å². The molecule has 1 saturated heterocycles. The van der Waals surface area contributed by atoms with Crippen molar-refractivity contribution in [3.63, 3.8) is 0 Å². The zero-order valence-electron chi connectivity index (χ0n) is 16.1. The Labute approximate surface area is 164 Å². The Morgan fingerprint density at radius 3 is 2.75 bits per heavy atom. The number of nitrogens with zero attached hydrogens (tertiary/aromatic N) is 2. The van der Waals surface area contributed by atoms with Crippen LogP contribution in [0.1, 0.15) is 55.8 Å². The van der Waals surface area contributed by atoms with Gasteiger partial charge in [-0.15, -0.1) is 0 Å². The van der Waals surface area contributed by atoms with Gasteiger partial charge in [0.1, 0.15) is 5.82 Å². The number of nitrogens with two attached hydrogens (primary N) is 1. The van der Waals surface area contributed by atoms with Crippen LogP contribution in [0.2, 0.25) is 0 Å². The van der Waals surface area contributed by atoms with E-state index >= 15 is 0 Å². The Kier molecular flexibility index (Phi) is 6.28. The van der Waals surface area contributed by atoms with Gasteiger partial charge in [0.05, 0.1) is 11.7 Å². The van der Waals surface area contributed by atoms with Crippen LogP contribution in [-0.4, -0.2) is 51.4 Å². The highest BCUT2D eigenvalue weighted by atomic mass is 16.3. The molecule has 0 bridgehead atoms. The number of rotatable bonds is 3. The molecule has 0 radical (unpaired) electrons. The van der Waals surface area contributed by atoms with Gasteiger partial charge in [-0.1, -0.05) is 13.3 Å². The molecule has 8 heteroatoms. The van der Waals surface area contributed by atoms with Crippen molar-refractivity contribution in [3.05, 3.63) is 23.9 Å². The summed E-state index contributed by atoms with van der Waals surface area (Å²) in [5, 5.41) is 12.5. The van der Waals surface area contributed by atoms with Crippen molar-refractivity contribution in [2.75, 3.05) is 11.9 Å². The zero-order chi connectivity index (χ0) is 20.3. The lowest BCUT2D eigenvalue weighted by atomic mass is 9.77. The summed E-state index contributed by atoms with van der Waals surface area (Å²) in [6, 6.07) is 2.93. The highest BCUT2D eigenvalue weighted by Crippen LogP contribution is 2.35. The summed E-state index contributed by atoms with van der Waals surface area (Å²) >= 11 is 0. The Morgan fingerprint density at radius 1 is 1.25 bits per heavy atom. The Hall–Kier alpha value is -2.48. The summed E-state index contributed by atoms with van der Waals surface area (Å²) in [6.45, 7) is 2.57. The second-order valence-electron chi connectivity index (χ2n) is 8.01. The van der Waals surface area contributed by atoms with Gasteiger partial charge in [-0.3, -0.25) is 14.4 Å². The molecule has 8 nitrogen and oxygen atoms in total. The fourth-order valence-corrected chi connectivity index (χ4v) is 4.44. The minimum Gasteiger partial charge on any atom is -0.393 e. The summed E-state index contributed by atoms with van der Waals surface area (Å²) in [4.78, 5) is 42.7. The van der Waals surface area contributed by atoms with E-state index in [0.29, 0.717) is 18.9 Å². The third-order valence-electron chi connectivity index (χ3n) is 5.86. The van der Waals surface area contributed by atoms with Crippen molar-refractivity contribution in [1.82, 2.24) is 9.88 Å². The summed E-state index contributed by atoms with van der Waals surface area (Å²) in [5.41, 5.74) is 5.37. The van der Waals surface area contributed by atoms with Crippen LogP contribution in [-0.2, 0) is 9.59 Å². The van der Waals surface area contributed by atoms with Crippen molar-refractivity contribution in [3.8, 4) is 0 Å². The lowest BCUT2D eigenvalue weighted by Gasteiger charge is -2.44. The lowest BCUT2D eigenvalue weighted by Crippen LogP contribution is -2.54. The predicted molar refractivity (Wildman–Crippen MR) is 103 cm³/mol. The molecule has 1 aromatic rings. The second-order valence-corrected chi connectivity index (χ2v) is 8.01. The van der Waals surface area contributed by atoms with Gasteiger partial charge in [0.25, 0.3) is 5.91 Å². The molecule has 2 aliphatic rings. The fraction of sp³-hybridized carbons (Fsp3) is 0.600. The molecule has 0 aromatic carbocycles. The number of aliphatic hydroxyl groups excluding tert-OH is 1. The Balaban J connectivity index is 1.76. The molecule has 0 spiro atoms. The number of likely N-dealkylation sites (tertiary alicyclic amines) is 1. The number of aliphatic hydroxyl groups is 1. The molecule has 2 fully saturated rings. The van der Waals surface area contributed by atoms with Crippen molar-refractivity contribution in [2.24, 2.45) is 17.6 Å². The molecule has 4 atom stereocenters. The van der Waals surface area contributed by atoms with Gasteiger partial charge in [-0.25, -0.2) is 4.98 Å². The molecule has 4 N–H and O–H groups in total. The molecule has 3 amide bonds. The van der Waals surface area contributed by atoms with Crippen LogP contribution in [0.4, 0.5) is 5.82 Å². The molecule has 2 heterocycles. The van der Waals surface area contributed by atoms with E-state index in [1.807, 2.05) is 0 Å². The monoisotopic (exact) mass is 388 g/mol. The average Bonchev–Trinajstić information content (AvgIpc) is 2.67. The Bertz CT molecular complexity index is 753. The molecule has 1 aliphatic heterocycles. The first-order valence-corrected chi connectivity index (χ1v) is 9.91. The van der Waals surface area contributed by atoms with E-state index in [1.165, 1.54) is 18.3 Å². The number of nitrogens with one attached hydrogen (secondary N) is 1. The molecule has 1 aromatic heterocycles. The highest BCUT2D eigenvalue weighted by Gasteiger charge is 2.39. The number of pyridine rings is 1. The third kappa shape index (κ3) is 4.49. The van der Waals surface area contributed by atoms with Gasteiger partial charge in [0.2, 0.25) is 0 Å². The van der Waals surface area contributed by atoms with Gasteiger partial charge in [-0.2, -0.15) is 0 Å². The standard InChI is InChI=1S/C20H28N4O4/c1-12-7-8-16(13-4-2-5-14(25)10-13)24(11-12)20(28)19(27)23-18-15(17(21)26)6-3-9-22-18/h3,6,9,12-14,16,25H,2,4-5,7-8,10-11H2,1H3,(H2,21,26)(H,22,23,27)/t12-,13+,14+,16+/m0/s1. The normalized spacial score (nSPS) is 27.9. The number of primary amides is 1. The largest absolute Gasteiger partial charge is 0.393 e. The number of piperidine rings is 1. The average molecular weight is 388 g/mol. The van der Waals surface area contributed by atoms with E-state index in [2.05, 4.69) is 17.2 Å². The summed E-state index contributed by atoms with van der Waals surface area (Å²) in [5.74, 6) is -1.68. The lowest BCUT2D eigenvalue weighted by molar-refractivity contribution is -0.148. The van der Waals surface area contributed by atoms with Crippen molar-refractivity contribution in [2.45, 2.75) is 57.6 Å². The molecular formula is C20H28N4O4. The molecule has 28 heavy (non-hydrogen) atoms. The van der Waals surface area contributed by atoms with Crippen LogP contribution in [0.25, 0.3) is 0 Å². The van der Waals surface area contributed by atoms with E-state index in [4.69, 9.17) is 5.73 Å². The van der Waals surface area contributed by atoms with Gasteiger partial charge < -0.3 is 21.1 Å². The molecule has 3 rings (SSSR count). The van der Waals surface area contributed by atoms with Crippen molar-refractivity contribution >= 4 is 23.5 Å². The first kappa shape index (κ1) is 20.3. The van der Waals surface area contributed by atoms with Gasteiger partial charge in [0, 0.05) is 18.8 Å². The quantitative estimate of drug-likeness (QED) is 0.673. The Morgan fingerprint density at radius 2 is 2.04 bits per heavy atom. The van der Waals surface area contributed by atoms with Crippen molar-refractivity contribution in [1.29, 1.82) is 0 Å². The van der Waals surface area contributed by atoms with Crippen molar-refractivity contribution < 1.29 is 19.5 Å². The number of carbonyl (C=O) groups is 3. The number of hydrogen-bond donors (Lipinski definition) is 3. The van der Waals surface area contributed by atoms with E-state index < -0.39 is 17.7 Å².